The molecule has 0 saturated carbocycles. The molecule has 2 aromatic rings. The maximum atomic E-state index is 13.1. The van der Waals surface area contributed by atoms with E-state index in [0.717, 1.165) is 25.8 Å². The molecule has 0 saturated heterocycles. The van der Waals surface area contributed by atoms with E-state index < -0.39 is 0 Å². The number of aromatic nitrogens is 1. The van der Waals surface area contributed by atoms with Crippen molar-refractivity contribution in [3.63, 3.8) is 0 Å². The van der Waals surface area contributed by atoms with Crippen LogP contribution in [-0.2, 0) is 11.2 Å². The summed E-state index contributed by atoms with van der Waals surface area (Å²) in [6.45, 7) is 10.1. The number of hydrogen-bond donors (Lipinski definition) is 1. The highest BCUT2D eigenvalue weighted by Gasteiger charge is 2.46. The van der Waals surface area contributed by atoms with Gasteiger partial charge in [-0.3, -0.25) is 4.79 Å². The van der Waals surface area contributed by atoms with Crippen LogP contribution in [0.2, 0.25) is 0 Å². The van der Waals surface area contributed by atoms with Gasteiger partial charge in [0.2, 0.25) is 0 Å². The smallest absolute Gasteiger partial charge is 0.161 e. The molecule has 2 aliphatic heterocycles. The third kappa shape index (κ3) is 2.50. The minimum atomic E-state index is 0.0695. The van der Waals surface area contributed by atoms with Gasteiger partial charge in [0.05, 0.1) is 6.04 Å². The summed E-state index contributed by atoms with van der Waals surface area (Å²) in [5.74, 6) is 1.28. The number of H-pyrrole nitrogens is 1. The zero-order valence-corrected chi connectivity index (χ0v) is 16.9. The molecule has 0 radical (unpaired) electrons. The predicted molar refractivity (Wildman–Crippen MR) is 109 cm³/mol. The van der Waals surface area contributed by atoms with Gasteiger partial charge in [-0.15, -0.1) is 0 Å². The van der Waals surface area contributed by atoms with Crippen LogP contribution in [0.5, 0.6) is 0 Å². The first-order valence-corrected chi connectivity index (χ1v) is 10.5. The van der Waals surface area contributed by atoms with Gasteiger partial charge in [-0.2, -0.15) is 0 Å². The number of allylic oxidation sites excluding steroid dienone is 2. The zero-order valence-electron chi connectivity index (χ0n) is 16.9. The van der Waals surface area contributed by atoms with E-state index in [1.807, 2.05) is 0 Å². The van der Waals surface area contributed by atoms with E-state index in [9.17, 15) is 4.79 Å². The SMILES string of the molecule is CC(C)[C@@H]1C[C@H]2c3[nH]c4ccccc4c3CCN2C2=C1C(=O)CC(C)(C)C2. The van der Waals surface area contributed by atoms with Crippen LogP contribution in [0.15, 0.2) is 35.5 Å². The Hall–Kier alpha value is -2.03. The van der Waals surface area contributed by atoms with Gasteiger partial charge in [0.25, 0.3) is 0 Å². The molecule has 3 heterocycles. The Morgan fingerprint density at radius 3 is 2.74 bits per heavy atom. The van der Waals surface area contributed by atoms with Crippen molar-refractivity contribution in [2.45, 2.75) is 59.4 Å². The molecule has 5 rings (SSSR count). The van der Waals surface area contributed by atoms with E-state index in [-0.39, 0.29) is 5.41 Å². The summed E-state index contributed by atoms with van der Waals surface area (Å²) in [5, 5.41) is 1.38. The molecule has 3 nitrogen and oxygen atoms in total. The summed E-state index contributed by atoms with van der Waals surface area (Å²) in [4.78, 5) is 19.5. The molecule has 0 fully saturated rings. The molecule has 1 aromatic heterocycles. The van der Waals surface area contributed by atoms with E-state index >= 15 is 0 Å². The average molecular weight is 363 g/mol. The highest BCUT2D eigenvalue weighted by molar-refractivity contribution is 5.98. The molecule has 3 aliphatic rings. The lowest BCUT2D eigenvalue weighted by atomic mass is 9.66. The van der Waals surface area contributed by atoms with Crippen LogP contribution >= 0.6 is 0 Å². The summed E-state index contributed by atoms with van der Waals surface area (Å²) in [7, 11) is 0. The molecule has 3 heteroatoms. The highest BCUT2D eigenvalue weighted by Crippen LogP contribution is 2.52. The zero-order chi connectivity index (χ0) is 18.9. The maximum Gasteiger partial charge on any atom is 0.161 e. The molecule has 0 amide bonds. The maximum absolute atomic E-state index is 13.1. The monoisotopic (exact) mass is 362 g/mol. The number of para-hydroxylation sites is 1. The minimum Gasteiger partial charge on any atom is -0.366 e. The quantitative estimate of drug-likeness (QED) is 0.739. The Kier molecular flexibility index (Phi) is 3.63. The van der Waals surface area contributed by atoms with Crippen molar-refractivity contribution in [2.75, 3.05) is 6.54 Å². The molecule has 1 aromatic carbocycles. The summed E-state index contributed by atoms with van der Waals surface area (Å²) in [5.41, 5.74) is 6.75. The van der Waals surface area contributed by atoms with E-state index in [1.165, 1.54) is 33.4 Å². The number of hydrogen-bond acceptors (Lipinski definition) is 2. The number of rotatable bonds is 1. The molecule has 2 atom stereocenters. The molecule has 142 valence electrons. The van der Waals surface area contributed by atoms with Crippen LogP contribution in [0.25, 0.3) is 10.9 Å². The minimum absolute atomic E-state index is 0.0695. The lowest BCUT2D eigenvalue weighted by Crippen LogP contribution is -2.46. The first-order valence-electron chi connectivity index (χ1n) is 10.5. The van der Waals surface area contributed by atoms with Crippen LogP contribution in [0.4, 0.5) is 0 Å². The second kappa shape index (κ2) is 5.73. The van der Waals surface area contributed by atoms with E-state index in [2.05, 4.69) is 61.8 Å². The fourth-order valence-corrected chi connectivity index (χ4v) is 5.83. The Bertz CT molecular complexity index is 962. The molecule has 27 heavy (non-hydrogen) atoms. The molecule has 0 spiro atoms. The Labute approximate surface area is 161 Å². The fourth-order valence-electron chi connectivity index (χ4n) is 5.83. The number of carbonyl (C=O) groups is 1. The third-order valence-corrected chi connectivity index (χ3v) is 7.05. The fraction of sp³-hybridized carbons (Fsp3) is 0.542. The van der Waals surface area contributed by atoms with E-state index in [0.29, 0.717) is 30.1 Å². The van der Waals surface area contributed by atoms with Gasteiger partial charge in [0.1, 0.15) is 0 Å². The number of carbonyl (C=O) groups excluding carboxylic acids is 1. The van der Waals surface area contributed by atoms with Crippen LogP contribution in [0.1, 0.15) is 64.3 Å². The highest BCUT2D eigenvalue weighted by atomic mass is 16.1. The van der Waals surface area contributed by atoms with Gasteiger partial charge in [0, 0.05) is 40.8 Å². The summed E-state index contributed by atoms with van der Waals surface area (Å²) in [6, 6.07) is 9.08. The van der Waals surface area contributed by atoms with Gasteiger partial charge >= 0.3 is 0 Å². The summed E-state index contributed by atoms with van der Waals surface area (Å²) >= 11 is 0. The lowest BCUT2D eigenvalue weighted by Gasteiger charge is -2.50. The van der Waals surface area contributed by atoms with Gasteiger partial charge in [-0.05, 0) is 48.1 Å². The number of aromatic amines is 1. The van der Waals surface area contributed by atoms with Crippen molar-refractivity contribution in [1.82, 2.24) is 9.88 Å². The normalized spacial score (nSPS) is 27.0. The molecule has 1 aliphatic carbocycles. The van der Waals surface area contributed by atoms with Gasteiger partial charge < -0.3 is 9.88 Å². The van der Waals surface area contributed by atoms with Crippen LogP contribution in [-0.4, -0.2) is 22.2 Å². The average Bonchev–Trinajstić information content (AvgIpc) is 2.98. The molecule has 0 unspecified atom stereocenters. The number of ketones is 1. The number of nitrogens with zero attached hydrogens (tertiary/aromatic N) is 1. The number of nitrogens with one attached hydrogen (secondary N) is 1. The Balaban J connectivity index is 1.67. The molecular weight excluding hydrogens is 332 g/mol. The largest absolute Gasteiger partial charge is 0.366 e. The molecule has 1 N–H and O–H groups in total. The second-order valence-corrected chi connectivity index (χ2v) is 9.91. The van der Waals surface area contributed by atoms with Gasteiger partial charge in [-0.1, -0.05) is 45.9 Å². The standard InChI is InChI=1S/C24H30N2O/c1-14(2)17-11-19-23-16(15-7-5-6-8-18(15)25-23)9-10-26(19)20-12-24(3,4)13-21(27)22(17)20/h5-8,14,17,19,25H,9-13H2,1-4H3/t17-,19-/m0/s1. The van der Waals surface area contributed by atoms with Crippen molar-refractivity contribution < 1.29 is 4.79 Å². The first kappa shape index (κ1) is 17.1. The van der Waals surface area contributed by atoms with E-state index in [1.54, 1.807) is 0 Å². The Morgan fingerprint density at radius 1 is 1.19 bits per heavy atom. The van der Waals surface area contributed by atoms with Crippen LogP contribution < -0.4 is 0 Å². The van der Waals surface area contributed by atoms with Crippen LogP contribution in [0, 0.1) is 17.3 Å². The van der Waals surface area contributed by atoms with Gasteiger partial charge in [0.15, 0.2) is 5.78 Å². The topological polar surface area (TPSA) is 36.1 Å². The lowest BCUT2D eigenvalue weighted by molar-refractivity contribution is -0.119. The van der Waals surface area contributed by atoms with Crippen molar-refractivity contribution in [3.05, 3.63) is 46.8 Å². The summed E-state index contributed by atoms with van der Waals surface area (Å²) < 4.78 is 0. The second-order valence-electron chi connectivity index (χ2n) is 9.91. The Morgan fingerprint density at radius 2 is 1.96 bits per heavy atom. The third-order valence-electron chi connectivity index (χ3n) is 7.05. The van der Waals surface area contributed by atoms with Crippen molar-refractivity contribution in [3.8, 4) is 0 Å². The predicted octanol–water partition coefficient (Wildman–Crippen LogP) is 5.39. The van der Waals surface area contributed by atoms with Crippen LogP contribution in [0.3, 0.4) is 0 Å². The van der Waals surface area contributed by atoms with Gasteiger partial charge in [-0.25, -0.2) is 0 Å². The number of benzene rings is 1. The van der Waals surface area contributed by atoms with Crippen molar-refractivity contribution >= 4 is 16.7 Å². The summed E-state index contributed by atoms with van der Waals surface area (Å²) in [6.07, 6.45) is 3.85. The van der Waals surface area contributed by atoms with E-state index in [4.69, 9.17) is 0 Å². The number of fused-ring (bicyclic) bond motifs is 6. The van der Waals surface area contributed by atoms with Crippen molar-refractivity contribution in [2.24, 2.45) is 17.3 Å². The van der Waals surface area contributed by atoms with Crippen molar-refractivity contribution in [1.29, 1.82) is 0 Å². The molecule has 0 bridgehead atoms. The first-order chi connectivity index (χ1) is 12.9. The molecular formula is C24H30N2O. The number of Topliss-reactive ketones (excluding diaryl/α,β-unsaturated/α-hetero) is 1.